The van der Waals surface area contributed by atoms with Crippen molar-refractivity contribution in [3.63, 3.8) is 0 Å². The minimum absolute atomic E-state index is 1.05. The molecule has 0 aliphatic carbocycles. The molecule has 0 bridgehead atoms. The van der Waals surface area contributed by atoms with Crippen LogP contribution in [0.3, 0.4) is 0 Å². The topological polar surface area (TPSA) is 0 Å². The second-order valence-corrected chi connectivity index (χ2v) is 11.7. The summed E-state index contributed by atoms with van der Waals surface area (Å²) in [4.78, 5) is 0. The van der Waals surface area contributed by atoms with Crippen molar-refractivity contribution in [2.45, 2.75) is 38.8 Å². The third kappa shape index (κ3) is 4.81. The van der Waals surface area contributed by atoms with Crippen molar-refractivity contribution in [3.8, 4) is 0 Å². The summed E-state index contributed by atoms with van der Waals surface area (Å²) in [7, 11) is -1.86. The second kappa shape index (κ2) is 10.6. The summed E-state index contributed by atoms with van der Waals surface area (Å²) < 4.78 is 0. The van der Waals surface area contributed by atoms with Crippen molar-refractivity contribution in [2.24, 2.45) is 0 Å². The monoisotopic (exact) mass is 423 g/mol. The minimum Gasteiger partial charge on any atom is -0.0654 e. The molecule has 0 aliphatic rings. The standard InChI is InChI=1S/C30H32P/c1-2-3-7-18-27-19-14-15-24-30(27)31(28-20-10-5-11-21-28,29-22-12-6-13-23-29)25-26-16-8-4-9-17-26/h4-6,8-17,19-24H,2-3,7,18,25H2,1H3/q+1. The highest BCUT2D eigenvalue weighted by molar-refractivity contribution is 7.95. The Kier molecular flexibility index (Phi) is 7.34. The van der Waals surface area contributed by atoms with Crippen molar-refractivity contribution < 1.29 is 0 Å². The molecule has 156 valence electrons. The summed E-state index contributed by atoms with van der Waals surface area (Å²) in [5.41, 5.74) is 2.93. The minimum atomic E-state index is -1.86. The summed E-state index contributed by atoms with van der Waals surface area (Å²) >= 11 is 0. The van der Waals surface area contributed by atoms with Gasteiger partial charge in [-0.2, -0.15) is 0 Å². The van der Waals surface area contributed by atoms with Gasteiger partial charge in [-0.3, -0.25) is 0 Å². The number of aryl methyl sites for hydroxylation is 1. The molecule has 1 heteroatoms. The highest BCUT2D eigenvalue weighted by Gasteiger charge is 2.46. The van der Waals surface area contributed by atoms with E-state index in [4.69, 9.17) is 0 Å². The largest absolute Gasteiger partial charge is 0.116 e. The smallest absolute Gasteiger partial charge is 0.0654 e. The molecule has 0 heterocycles. The lowest BCUT2D eigenvalue weighted by molar-refractivity contribution is 0.719. The third-order valence-corrected chi connectivity index (χ3v) is 10.6. The number of benzene rings is 4. The SMILES string of the molecule is CCCCCc1ccccc1[P+](Cc1ccccc1)(c1ccccc1)c1ccccc1. The maximum absolute atomic E-state index is 2.41. The van der Waals surface area contributed by atoms with E-state index in [1.807, 2.05) is 0 Å². The zero-order valence-corrected chi connectivity index (χ0v) is 19.3. The Hall–Kier alpha value is -2.69. The molecule has 0 N–H and O–H groups in total. The number of hydrogen-bond donors (Lipinski definition) is 0. The number of unbranched alkanes of at least 4 members (excludes halogenated alkanes) is 2. The fourth-order valence-corrected chi connectivity index (χ4v) is 9.11. The first-order valence-corrected chi connectivity index (χ1v) is 13.4. The van der Waals surface area contributed by atoms with Crippen LogP contribution >= 0.6 is 7.26 Å². The molecule has 0 spiro atoms. The van der Waals surface area contributed by atoms with E-state index in [0.29, 0.717) is 0 Å². The molecule has 0 fully saturated rings. The van der Waals surface area contributed by atoms with E-state index in [0.717, 1.165) is 12.6 Å². The van der Waals surface area contributed by atoms with Crippen molar-refractivity contribution in [2.75, 3.05) is 0 Å². The number of hydrogen-bond acceptors (Lipinski definition) is 0. The van der Waals surface area contributed by atoms with Crippen LogP contribution in [-0.2, 0) is 12.6 Å². The zero-order valence-electron chi connectivity index (χ0n) is 18.5. The van der Waals surface area contributed by atoms with Crippen molar-refractivity contribution in [1.82, 2.24) is 0 Å². The molecule has 0 unspecified atom stereocenters. The molecule has 0 amide bonds. The molecule has 0 saturated carbocycles. The van der Waals surface area contributed by atoms with Gasteiger partial charge >= 0.3 is 0 Å². The van der Waals surface area contributed by atoms with E-state index in [9.17, 15) is 0 Å². The fourth-order valence-electron chi connectivity index (χ4n) is 4.58. The Morgan fingerprint density at radius 2 is 1.06 bits per heavy atom. The number of rotatable bonds is 9. The Balaban J connectivity index is 1.97. The average Bonchev–Trinajstić information content (AvgIpc) is 2.85. The zero-order chi connectivity index (χ0) is 21.4. The molecule has 0 nitrogen and oxygen atoms in total. The van der Waals surface area contributed by atoms with E-state index in [1.165, 1.54) is 41.0 Å². The molecule has 4 aromatic rings. The normalized spacial score (nSPS) is 11.4. The van der Waals surface area contributed by atoms with Gasteiger partial charge in [-0.15, -0.1) is 0 Å². The van der Waals surface area contributed by atoms with Crippen LogP contribution in [0.1, 0.15) is 37.3 Å². The van der Waals surface area contributed by atoms with E-state index < -0.39 is 7.26 Å². The summed E-state index contributed by atoms with van der Waals surface area (Å²) in [6.07, 6.45) is 5.99. The van der Waals surface area contributed by atoms with Crippen LogP contribution in [0.25, 0.3) is 0 Å². The van der Waals surface area contributed by atoms with Gasteiger partial charge < -0.3 is 0 Å². The van der Waals surface area contributed by atoms with Crippen LogP contribution in [0.15, 0.2) is 115 Å². The Labute approximate surface area is 188 Å². The van der Waals surface area contributed by atoms with Gasteiger partial charge in [0.25, 0.3) is 0 Å². The second-order valence-electron chi connectivity index (χ2n) is 8.21. The van der Waals surface area contributed by atoms with Gasteiger partial charge in [-0.25, -0.2) is 0 Å². The van der Waals surface area contributed by atoms with Crippen LogP contribution in [0.5, 0.6) is 0 Å². The molecule has 0 aromatic heterocycles. The molecule has 4 aromatic carbocycles. The molecule has 0 aliphatic heterocycles. The first-order valence-electron chi connectivity index (χ1n) is 11.5. The molecular formula is C30H32P+. The average molecular weight is 424 g/mol. The maximum Gasteiger partial charge on any atom is 0.116 e. The lowest BCUT2D eigenvalue weighted by Crippen LogP contribution is -2.34. The van der Waals surface area contributed by atoms with Gasteiger partial charge in [0.1, 0.15) is 23.2 Å². The first kappa shape index (κ1) is 21.5. The summed E-state index contributed by atoms with van der Waals surface area (Å²) in [6.45, 7) is 2.28. The Bertz CT molecular complexity index is 1020. The Morgan fingerprint density at radius 3 is 1.65 bits per heavy atom. The van der Waals surface area contributed by atoms with Gasteiger partial charge in [0.2, 0.25) is 0 Å². The summed E-state index contributed by atoms with van der Waals surface area (Å²) in [5, 5.41) is 4.48. The third-order valence-electron chi connectivity index (χ3n) is 6.11. The first-order chi connectivity index (χ1) is 15.3. The molecule has 31 heavy (non-hydrogen) atoms. The van der Waals surface area contributed by atoms with E-state index >= 15 is 0 Å². The van der Waals surface area contributed by atoms with Gasteiger partial charge in [0, 0.05) is 0 Å². The molecule has 0 radical (unpaired) electrons. The van der Waals surface area contributed by atoms with Crippen LogP contribution < -0.4 is 15.9 Å². The summed E-state index contributed by atoms with van der Waals surface area (Å²) in [5.74, 6) is 0. The van der Waals surface area contributed by atoms with Gasteiger partial charge in [0.05, 0.1) is 6.16 Å². The van der Waals surface area contributed by atoms with Crippen LogP contribution in [0, 0.1) is 0 Å². The van der Waals surface area contributed by atoms with Gasteiger partial charge in [-0.05, 0) is 54.3 Å². The van der Waals surface area contributed by atoms with Crippen LogP contribution in [0.4, 0.5) is 0 Å². The van der Waals surface area contributed by atoms with Crippen molar-refractivity contribution >= 4 is 23.2 Å². The maximum atomic E-state index is 2.41. The van der Waals surface area contributed by atoms with Crippen molar-refractivity contribution in [3.05, 3.63) is 126 Å². The van der Waals surface area contributed by atoms with E-state index in [-0.39, 0.29) is 0 Å². The lowest BCUT2D eigenvalue weighted by atomic mass is 10.1. The Morgan fingerprint density at radius 1 is 0.548 bits per heavy atom. The molecule has 0 atom stereocenters. The predicted octanol–water partition coefficient (Wildman–Crippen LogP) is 6.91. The highest BCUT2D eigenvalue weighted by Crippen LogP contribution is 2.58. The van der Waals surface area contributed by atoms with Crippen molar-refractivity contribution in [1.29, 1.82) is 0 Å². The fraction of sp³-hybridized carbons (Fsp3) is 0.200. The van der Waals surface area contributed by atoms with Crippen LogP contribution in [0.2, 0.25) is 0 Å². The van der Waals surface area contributed by atoms with E-state index in [2.05, 4.69) is 122 Å². The van der Waals surface area contributed by atoms with Crippen LogP contribution in [-0.4, -0.2) is 0 Å². The molecule has 4 rings (SSSR count). The summed E-state index contributed by atoms with van der Waals surface area (Å²) in [6, 6.07) is 42.8. The quantitative estimate of drug-likeness (QED) is 0.203. The predicted molar refractivity (Wildman–Crippen MR) is 139 cm³/mol. The van der Waals surface area contributed by atoms with Gasteiger partial charge in [-0.1, -0.05) is 105 Å². The highest BCUT2D eigenvalue weighted by atomic mass is 31.2. The van der Waals surface area contributed by atoms with E-state index in [1.54, 1.807) is 5.30 Å². The molecular weight excluding hydrogens is 391 g/mol. The molecule has 0 saturated heterocycles. The lowest BCUT2D eigenvalue weighted by Gasteiger charge is -2.29. The van der Waals surface area contributed by atoms with Gasteiger partial charge in [0.15, 0.2) is 0 Å².